The number of hydrogen-bond donors (Lipinski definition) is 2. The van der Waals surface area contributed by atoms with Crippen LogP contribution in [-0.4, -0.2) is 37.5 Å². The second-order valence-electron chi connectivity index (χ2n) is 6.31. The summed E-state index contributed by atoms with van der Waals surface area (Å²) in [4.78, 5) is 28.0. The fourth-order valence-electron chi connectivity index (χ4n) is 2.98. The number of halogens is 1. The Morgan fingerprint density at radius 1 is 1.15 bits per heavy atom. The van der Waals surface area contributed by atoms with Gasteiger partial charge in [0.25, 0.3) is 5.91 Å². The molecule has 0 unspecified atom stereocenters. The summed E-state index contributed by atoms with van der Waals surface area (Å²) in [5.74, 6) is -0.0903. The van der Waals surface area contributed by atoms with Gasteiger partial charge in [0, 0.05) is 43.3 Å². The number of anilines is 3. The molecule has 0 radical (unpaired) electrons. The van der Waals surface area contributed by atoms with Gasteiger partial charge in [0.05, 0.1) is 0 Å². The highest BCUT2D eigenvalue weighted by atomic mass is 35.5. The Balaban J connectivity index is 0.00000243. The average Bonchev–Trinajstić information content (AvgIpc) is 2.61. The Labute approximate surface area is 159 Å². The molecule has 0 aliphatic carbocycles. The van der Waals surface area contributed by atoms with Crippen LogP contribution in [0.15, 0.2) is 42.5 Å². The van der Waals surface area contributed by atoms with Crippen LogP contribution in [-0.2, 0) is 6.42 Å². The molecule has 1 aliphatic rings. The number of benzene rings is 2. The van der Waals surface area contributed by atoms with Gasteiger partial charge in [-0.1, -0.05) is 12.1 Å². The van der Waals surface area contributed by atoms with Crippen molar-refractivity contribution in [2.75, 3.05) is 36.6 Å². The predicted molar refractivity (Wildman–Crippen MR) is 107 cm³/mol. The molecule has 0 fully saturated rings. The summed E-state index contributed by atoms with van der Waals surface area (Å²) in [6, 6.07) is 12.4. The maximum atomic E-state index is 13.0. The van der Waals surface area contributed by atoms with E-state index in [0.29, 0.717) is 17.8 Å². The topological polar surface area (TPSA) is 78.7 Å². The molecule has 2 aromatic rings. The van der Waals surface area contributed by atoms with Crippen molar-refractivity contribution in [1.82, 2.24) is 4.90 Å². The van der Waals surface area contributed by atoms with Crippen LogP contribution in [0.5, 0.6) is 0 Å². The van der Waals surface area contributed by atoms with Crippen molar-refractivity contribution in [3.8, 4) is 0 Å². The minimum atomic E-state index is -0.235. The minimum absolute atomic E-state index is 0. The third kappa shape index (κ3) is 3.91. The molecule has 0 spiro atoms. The molecule has 26 heavy (non-hydrogen) atoms. The molecular weight excluding hydrogens is 352 g/mol. The third-order valence-electron chi connectivity index (χ3n) is 4.30. The molecular formula is C19H23ClN4O2. The second-order valence-corrected chi connectivity index (χ2v) is 6.31. The van der Waals surface area contributed by atoms with Gasteiger partial charge in [-0.2, -0.15) is 0 Å². The molecule has 1 aliphatic heterocycles. The zero-order valence-corrected chi connectivity index (χ0v) is 15.7. The van der Waals surface area contributed by atoms with Crippen LogP contribution < -0.4 is 16.0 Å². The van der Waals surface area contributed by atoms with Gasteiger partial charge in [0.2, 0.25) is 0 Å². The molecule has 0 bridgehead atoms. The number of nitrogen functional groups attached to an aromatic ring is 1. The van der Waals surface area contributed by atoms with Gasteiger partial charge < -0.3 is 20.9 Å². The van der Waals surface area contributed by atoms with Crippen molar-refractivity contribution in [2.24, 2.45) is 0 Å². The van der Waals surface area contributed by atoms with Crippen molar-refractivity contribution < 1.29 is 9.59 Å². The van der Waals surface area contributed by atoms with Crippen LogP contribution in [0.2, 0.25) is 0 Å². The van der Waals surface area contributed by atoms with Gasteiger partial charge >= 0.3 is 6.03 Å². The van der Waals surface area contributed by atoms with Crippen LogP contribution >= 0.6 is 12.4 Å². The SMILES string of the molecule is CN(C)C(=O)Nc1cccc(C(=O)N2CCCc3c(N)cccc32)c1.Cl. The summed E-state index contributed by atoms with van der Waals surface area (Å²) in [5, 5.41) is 2.76. The standard InChI is InChI=1S/C19H22N4O2.ClH/c1-22(2)19(25)21-14-7-3-6-13(12-14)18(24)23-11-5-8-15-16(20)9-4-10-17(15)23;/h3-4,6-7,9-10,12H,5,8,11,20H2,1-2H3,(H,21,25);1H. The van der Waals surface area contributed by atoms with Gasteiger partial charge in [-0.15, -0.1) is 12.4 Å². The maximum Gasteiger partial charge on any atom is 0.321 e. The van der Waals surface area contributed by atoms with Crippen LogP contribution in [0.25, 0.3) is 0 Å². The van der Waals surface area contributed by atoms with Gasteiger partial charge in [-0.05, 0) is 48.7 Å². The molecule has 3 amide bonds. The number of nitrogens with zero attached hydrogens (tertiary/aromatic N) is 2. The molecule has 0 atom stereocenters. The Morgan fingerprint density at radius 2 is 1.88 bits per heavy atom. The molecule has 6 nitrogen and oxygen atoms in total. The predicted octanol–water partition coefficient (Wildman–Crippen LogP) is 3.38. The van der Waals surface area contributed by atoms with E-state index in [0.717, 1.165) is 29.8 Å². The van der Waals surface area contributed by atoms with E-state index < -0.39 is 0 Å². The van der Waals surface area contributed by atoms with Crippen molar-refractivity contribution in [3.63, 3.8) is 0 Å². The summed E-state index contributed by atoms with van der Waals surface area (Å²) in [6.45, 7) is 0.656. The smallest absolute Gasteiger partial charge is 0.321 e. The lowest BCUT2D eigenvalue weighted by Gasteiger charge is -2.30. The van der Waals surface area contributed by atoms with Gasteiger partial charge in [0.15, 0.2) is 0 Å². The van der Waals surface area contributed by atoms with E-state index in [1.165, 1.54) is 4.90 Å². The highest BCUT2D eigenvalue weighted by Gasteiger charge is 2.24. The highest BCUT2D eigenvalue weighted by Crippen LogP contribution is 2.32. The summed E-state index contributed by atoms with van der Waals surface area (Å²) < 4.78 is 0. The number of urea groups is 1. The molecule has 3 rings (SSSR count). The van der Waals surface area contributed by atoms with Crippen LogP contribution in [0, 0.1) is 0 Å². The number of fused-ring (bicyclic) bond motifs is 1. The van der Waals surface area contributed by atoms with Crippen molar-refractivity contribution in [2.45, 2.75) is 12.8 Å². The van der Waals surface area contributed by atoms with E-state index >= 15 is 0 Å². The molecule has 7 heteroatoms. The number of rotatable bonds is 2. The summed E-state index contributed by atoms with van der Waals surface area (Å²) in [6.07, 6.45) is 1.76. The van der Waals surface area contributed by atoms with Crippen LogP contribution in [0.1, 0.15) is 22.3 Å². The van der Waals surface area contributed by atoms with Gasteiger partial charge in [-0.25, -0.2) is 4.79 Å². The Morgan fingerprint density at radius 3 is 2.62 bits per heavy atom. The van der Waals surface area contributed by atoms with E-state index in [-0.39, 0.29) is 24.3 Å². The first-order valence-corrected chi connectivity index (χ1v) is 8.25. The van der Waals surface area contributed by atoms with E-state index in [2.05, 4.69) is 5.32 Å². The van der Waals surface area contributed by atoms with Crippen molar-refractivity contribution >= 4 is 41.4 Å². The van der Waals surface area contributed by atoms with E-state index in [1.54, 1.807) is 43.3 Å². The zero-order valence-electron chi connectivity index (χ0n) is 14.9. The van der Waals surface area contributed by atoms with Gasteiger partial charge in [0.1, 0.15) is 0 Å². The number of amides is 3. The summed E-state index contributed by atoms with van der Waals surface area (Å²) >= 11 is 0. The first kappa shape index (κ1) is 19.6. The lowest BCUT2D eigenvalue weighted by Crippen LogP contribution is -2.35. The lowest BCUT2D eigenvalue weighted by molar-refractivity contribution is 0.0985. The van der Waals surface area contributed by atoms with Crippen LogP contribution in [0.4, 0.5) is 21.9 Å². The molecule has 1 heterocycles. The fraction of sp³-hybridized carbons (Fsp3) is 0.263. The Kier molecular flexibility index (Phi) is 6.10. The molecule has 0 saturated heterocycles. The zero-order chi connectivity index (χ0) is 18.0. The molecule has 0 saturated carbocycles. The number of carbonyl (C=O) groups excluding carboxylic acids is 2. The number of nitrogens with two attached hydrogens (primary N) is 1. The first-order chi connectivity index (χ1) is 12.0. The van der Waals surface area contributed by atoms with E-state index in [9.17, 15) is 9.59 Å². The van der Waals surface area contributed by atoms with Crippen molar-refractivity contribution in [3.05, 3.63) is 53.6 Å². The number of hydrogen-bond acceptors (Lipinski definition) is 3. The molecule has 2 aromatic carbocycles. The van der Waals surface area contributed by atoms with Gasteiger partial charge in [-0.3, -0.25) is 4.79 Å². The van der Waals surface area contributed by atoms with Crippen molar-refractivity contribution in [1.29, 1.82) is 0 Å². The lowest BCUT2D eigenvalue weighted by atomic mass is 9.99. The number of nitrogens with one attached hydrogen (secondary N) is 1. The Bertz CT molecular complexity index is 823. The largest absolute Gasteiger partial charge is 0.398 e. The number of carbonyl (C=O) groups is 2. The first-order valence-electron chi connectivity index (χ1n) is 8.25. The third-order valence-corrected chi connectivity index (χ3v) is 4.30. The average molecular weight is 375 g/mol. The second kappa shape index (κ2) is 8.10. The normalized spacial score (nSPS) is 12.6. The minimum Gasteiger partial charge on any atom is -0.398 e. The highest BCUT2D eigenvalue weighted by molar-refractivity contribution is 6.08. The quantitative estimate of drug-likeness (QED) is 0.791. The monoisotopic (exact) mass is 374 g/mol. The van der Waals surface area contributed by atoms with Crippen LogP contribution in [0.3, 0.4) is 0 Å². The fourth-order valence-corrected chi connectivity index (χ4v) is 2.98. The molecule has 138 valence electrons. The molecule has 0 aromatic heterocycles. The van der Waals surface area contributed by atoms with E-state index in [4.69, 9.17) is 5.73 Å². The van der Waals surface area contributed by atoms with E-state index in [1.807, 2.05) is 18.2 Å². The summed E-state index contributed by atoms with van der Waals surface area (Å²) in [7, 11) is 3.33. The molecule has 3 N–H and O–H groups in total. The summed E-state index contributed by atoms with van der Waals surface area (Å²) in [5.41, 5.74) is 9.81. The Hall–Kier alpha value is -2.73. The maximum absolute atomic E-state index is 13.0.